The molecular formula is C12H15NO5. The molecule has 0 aromatic heterocycles. The summed E-state index contributed by atoms with van der Waals surface area (Å²) >= 11 is 0. The zero-order valence-corrected chi connectivity index (χ0v) is 10.1. The van der Waals surface area contributed by atoms with Gasteiger partial charge in [0.15, 0.2) is 12.0 Å². The summed E-state index contributed by atoms with van der Waals surface area (Å²) in [6, 6.07) is 4.59. The standard InChI is InChI=1S/C12H15NO5/c1-16-12-9(13(14)15)5-4-6-10(12)18-11-7-2-3-8-17-11/h4-6,11H,2-3,7-8H2,1H3. The van der Waals surface area contributed by atoms with Gasteiger partial charge in [0.1, 0.15) is 0 Å². The van der Waals surface area contributed by atoms with Crippen molar-refractivity contribution in [2.24, 2.45) is 0 Å². The number of nitrogens with zero attached hydrogens (tertiary/aromatic N) is 1. The number of para-hydroxylation sites is 1. The van der Waals surface area contributed by atoms with Crippen molar-refractivity contribution in [3.63, 3.8) is 0 Å². The largest absolute Gasteiger partial charge is 0.488 e. The molecule has 1 fully saturated rings. The fourth-order valence-corrected chi connectivity index (χ4v) is 1.89. The zero-order valence-electron chi connectivity index (χ0n) is 10.1. The van der Waals surface area contributed by atoms with Crippen LogP contribution in [0.5, 0.6) is 11.5 Å². The molecule has 1 aliphatic rings. The van der Waals surface area contributed by atoms with Gasteiger partial charge in [-0.15, -0.1) is 0 Å². The van der Waals surface area contributed by atoms with E-state index in [0.717, 1.165) is 19.3 Å². The predicted octanol–water partition coefficient (Wildman–Crippen LogP) is 2.51. The molecule has 1 heterocycles. The highest BCUT2D eigenvalue weighted by atomic mass is 16.7. The molecule has 1 atom stereocenters. The molecule has 0 bridgehead atoms. The lowest BCUT2D eigenvalue weighted by Gasteiger charge is -2.24. The minimum atomic E-state index is -0.493. The van der Waals surface area contributed by atoms with E-state index in [2.05, 4.69) is 0 Å². The number of ether oxygens (including phenoxy) is 3. The van der Waals surface area contributed by atoms with Crippen LogP contribution in [0.25, 0.3) is 0 Å². The highest BCUT2D eigenvalue weighted by Crippen LogP contribution is 2.37. The summed E-state index contributed by atoms with van der Waals surface area (Å²) in [7, 11) is 1.39. The van der Waals surface area contributed by atoms with Crippen LogP contribution in [-0.2, 0) is 4.74 Å². The Morgan fingerprint density at radius 3 is 2.89 bits per heavy atom. The average molecular weight is 253 g/mol. The minimum Gasteiger partial charge on any atom is -0.488 e. The fourth-order valence-electron chi connectivity index (χ4n) is 1.89. The second-order valence-corrected chi connectivity index (χ2v) is 3.98. The summed E-state index contributed by atoms with van der Waals surface area (Å²) in [5.74, 6) is 0.482. The van der Waals surface area contributed by atoms with Crippen LogP contribution in [-0.4, -0.2) is 24.9 Å². The molecule has 0 saturated carbocycles. The van der Waals surface area contributed by atoms with Gasteiger partial charge in [0.05, 0.1) is 18.6 Å². The molecule has 0 amide bonds. The van der Waals surface area contributed by atoms with E-state index < -0.39 is 4.92 Å². The van der Waals surface area contributed by atoms with Crippen LogP contribution in [0.2, 0.25) is 0 Å². The molecule has 18 heavy (non-hydrogen) atoms. The van der Waals surface area contributed by atoms with E-state index in [4.69, 9.17) is 14.2 Å². The van der Waals surface area contributed by atoms with E-state index in [1.54, 1.807) is 12.1 Å². The average Bonchev–Trinajstić information content (AvgIpc) is 2.39. The summed E-state index contributed by atoms with van der Waals surface area (Å²) in [6.07, 6.45) is 2.48. The molecule has 1 aromatic rings. The Morgan fingerprint density at radius 2 is 2.28 bits per heavy atom. The van der Waals surface area contributed by atoms with Gasteiger partial charge in [-0.1, -0.05) is 6.07 Å². The smallest absolute Gasteiger partial charge is 0.314 e. The van der Waals surface area contributed by atoms with Crippen LogP contribution in [0.1, 0.15) is 19.3 Å². The Kier molecular flexibility index (Phi) is 3.99. The summed E-state index contributed by atoms with van der Waals surface area (Å²) < 4.78 is 16.1. The van der Waals surface area contributed by atoms with Crippen molar-refractivity contribution in [1.82, 2.24) is 0 Å². The summed E-state index contributed by atoms with van der Waals surface area (Å²) in [6.45, 7) is 0.655. The fraction of sp³-hybridized carbons (Fsp3) is 0.500. The summed E-state index contributed by atoms with van der Waals surface area (Å²) in [5, 5.41) is 10.9. The Hall–Kier alpha value is -1.82. The molecule has 6 nitrogen and oxygen atoms in total. The molecule has 0 spiro atoms. The molecular weight excluding hydrogens is 238 g/mol. The molecule has 1 aliphatic heterocycles. The first kappa shape index (κ1) is 12.6. The van der Waals surface area contributed by atoms with Crippen molar-refractivity contribution in [3.05, 3.63) is 28.3 Å². The minimum absolute atomic E-state index is 0.106. The van der Waals surface area contributed by atoms with E-state index >= 15 is 0 Å². The van der Waals surface area contributed by atoms with Crippen LogP contribution >= 0.6 is 0 Å². The van der Waals surface area contributed by atoms with E-state index in [0.29, 0.717) is 12.4 Å². The lowest BCUT2D eigenvalue weighted by atomic mass is 10.2. The van der Waals surface area contributed by atoms with Gasteiger partial charge in [0.25, 0.3) is 0 Å². The van der Waals surface area contributed by atoms with Crippen LogP contribution in [0.3, 0.4) is 0 Å². The predicted molar refractivity (Wildman–Crippen MR) is 63.9 cm³/mol. The Morgan fingerprint density at radius 1 is 1.44 bits per heavy atom. The van der Waals surface area contributed by atoms with Crippen molar-refractivity contribution < 1.29 is 19.1 Å². The second kappa shape index (κ2) is 5.68. The van der Waals surface area contributed by atoms with Crippen molar-refractivity contribution >= 4 is 5.69 Å². The zero-order chi connectivity index (χ0) is 13.0. The third kappa shape index (κ3) is 2.70. The second-order valence-electron chi connectivity index (χ2n) is 3.98. The van der Waals surface area contributed by atoms with E-state index in [1.807, 2.05) is 0 Å². The third-order valence-electron chi connectivity index (χ3n) is 2.76. The van der Waals surface area contributed by atoms with Crippen LogP contribution in [0.15, 0.2) is 18.2 Å². The SMILES string of the molecule is COc1c(OC2CCCCO2)cccc1[N+](=O)[O-]. The first-order valence-corrected chi connectivity index (χ1v) is 5.82. The first-order chi connectivity index (χ1) is 8.72. The summed E-state index contributed by atoms with van der Waals surface area (Å²) in [5.41, 5.74) is -0.106. The highest BCUT2D eigenvalue weighted by Gasteiger charge is 2.23. The number of nitro groups is 1. The topological polar surface area (TPSA) is 70.8 Å². The molecule has 0 aliphatic carbocycles. The van der Waals surface area contributed by atoms with Gasteiger partial charge < -0.3 is 14.2 Å². The monoisotopic (exact) mass is 253 g/mol. The number of hydrogen-bond acceptors (Lipinski definition) is 5. The number of rotatable bonds is 4. The molecule has 1 unspecified atom stereocenters. The lowest BCUT2D eigenvalue weighted by Crippen LogP contribution is -2.25. The first-order valence-electron chi connectivity index (χ1n) is 5.82. The van der Waals surface area contributed by atoms with Crippen LogP contribution in [0.4, 0.5) is 5.69 Å². The van der Waals surface area contributed by atoms with Crippen molar-refractivity contribution in [1.29, 1.82) is 0 Å². The van der Waals surface area contributed by atoms with Gasteiger partial charge in [-0.2, -0.15) is 0 Å². The van der Waals surface area contributed by atoms with Gasteiger partial charge in [-0.05, 0) is 18.9 Å². The number of benzene rings is 1. The lowest BCUT2D eigenvalue weighted by molar-refractivity contribution is -0.385. The maximum Gasteiger partial charge on any atom is 0.314 e. The molecule has 0 N–H and O–H groups in total. The third-order valence-corrected chi connectivity index (χ3v) is 2.76. The number of hydrogen-bond donors (Lipinski definition) is 0. The van der Waals surface area contributed by atoms with Gasteiger partial charge in [0.2, 0.25) is 5.75 Å². The molecule has 1 saturated heterocycles. The maximum atomic E-state index is 10.9. The molecule has 2 rings (SSSR count). The van der Waals surface area contributed by atoms with Crippen LogP contribution < -0.4 is 9.47 Å². The van der Waals surface area contributed by atoms with Crippen molar-refractivity contribution in [2.75, 3.05) is 13.7 Å². The van der Waals surface area contributed by atoms with Crippen molar-refractivity contribution in [3.8, 4) is 11.5 Å². The van der Waals surface area contributed by atoms with Gasteiger partial charge in [-0.25, -0.2) is 0 Å². The molecule has 6 heteroatoms. The maximum absolute atomic E-state index is 10.9. The molecule has 98 valence electrons. The molecule has 0 radical (unpaired) electrons. The Labute approximate surface area is 105 Å². The van der Waals surface area contributed by atoms with E-state index in [9.17, 15) is 10.1 Å². The van der Waals surface area contributed by atoms with E-state index in [-0.39, 0.29) is 17.7 Å². The van der Waals surface area contributed by atoms with E-state index in [1.165, 1.54) is 13.2 Å². The highest BCUT2D eigenvalue weighted by molar-refractivity contribution is 5.55. The van der Waals surface area contributed by atoms with Gasteiger partial charge in [0, 0.05) is 12.5 Å². The van der Waals surface area contributed by atoms with Gasteiger partial charge in [-0.3, -0.25) is 10.1 Å². The Bertz CT molecular complexity index is 428. The van der Waals surface area contributed by atoms with Crippen LogP contribution in [0, 0.1) is 10.1 Å². The van der Waals surface area contributed by atoms with Crippen molar-refractivity contribution in [2.45, 2.75) is 25.6 Å². The Balaban J connectivity index is 2.20. The summed E-state index contributed by atoms with van der Waals surface area (Å²) in [4.78, 5) is 10.4. The van der Waals surface area contributed by atoms with Gasteiger partial charge >= 0.3 is 5.69 Å². The normalized spacial score (nSPS) is 19.3. The number of methoxy groups -OCH3 is 1. The number of nitro benzene ring substituents is 1. The quantitative estimate of drug-likeness (QED) is 0.609. The molecule has 1 aromatic carbocycles.